The summed E-state index contributed by atoms with van der Waals surface area (Å²) in [6.07, 6.45) is 2.27. The molecule has 1 aliphatic rings. The Kier molecular flexibility index (Phi) is 3.35. The highest BCUT2D eigenvalue weighted by molar-refractivity contribution is 7.13. The molecule has 1 atom stereocenters. The van der Waals surface area contributed by atoms with Crippen molar-refractivity contribution in [2.75, 3.05) is 6.54 Å². The third-order valence-corrected chi connectivity index (χ3v) is 4.80. The molecule has 0 bridgehead atoms. The Bertz CT molecular complexity index is 602. The maximum absolute atomic E-state index is 12.3. The molecule has 0 radical (unpaired) electrons. The minimum absolute atomic E-state index is 0.163. The molecule has 0 spiro atoms. The van der Waals surface area contributed by atoms with Crippen molar-refractivity contribution < 1.29 is 4.79 Å². The minimum Gasteiger partial charge on any atom is -0.344 e. The first-order valence-corrected chi connectivity index (χ1v) is 7.62. The second kappa shape index (κ2) is 5.03. The maximum atomic E-state index is 12.3. The van der Waals surface area contributed by atoms with E-state index < -0.39 is 0 Å². The smallest absolute Gasteiger partial charge is 0.272 e. The van der Waals surface area contributed by atoms with Crippen molar-refractivity contribution in [3.63, 3.8) is 0 Å². The van der Waals surface area contributed by atoms with Crippen LogP contribution in [0.5, 0.6) is 0 Å². The number of thiophene rings is 1. The van der Waals surface area contributed by atoms with Crippen molar-refractivity contribution in [1.82, 2.24) is 15.5 Å². The van der Waals surface area contributed by atoms with Gasteiger partial charge in [-0.25, -0.2) is 0 Å². The summed E-state index contributed by atoms with van der Waals surface area (Å²) in [7, 11) is 0. The standard InChI is InChI=1S/C14H18N4OS/c1-14(8-15,9-4-5-9)16-13(19)11-7-10(17-18-11)12-3-2-6-20-12/h2-3,6-7,9H,4-5,8,15H2,1H3,(H,16,19)(H,17,18). The van der Waals surface area contributed by atoms with Gasteiger partial charge in [-0.15, -0.1) is 11.3 Å². The van der Waals surface area contributed by atoms with Gasteiger partial charge in [-0.1, -0.05) is 6.07 Å². The van der Waals surface area contributed by atoms with Crippen LogP contribution in [0, 0.1) is 5.92 Å². The number of rotatable bonds is 5. The highest BCUT2D eigenvalue weighted by Crippen LogP contribution is 2.39. The maximum Gasteiger partial charge on any atom is 0.272 e. The molecule has 1 saturated carbocycles. The topological polar surface area (TPSA) is 83.8 Å². The third kappa shape index (κ3) is 2.48. The summed E-state index contributed by atoms with van der Waals surface area (Å²) in [6, 6.07) is 5.75. The van der Waals surface area contributed by atoms with E-state index in [2.05, 4.69) is 15.5 Å². The van der Waals surface area contributed by atoms with Gasteiger partial charge in [0.2, 0.25) is 0 Å². The predicted molar refractivity (Wildman–Crippen MR) is 79.6 cm³/mol. The normalized spacial score (nSPS) is 17.7. The number of nitrogens with zero attached hydrogens (tertiary/aromatic N) is 1. The van der Waals surface area contributed by atoms with Crippen LogP contribution in [0.25, 0.3) is 10.6 Å². The monoisotopic (exact) mass is 290 g/mol. The molecule has 1 amide bonds. The minimum atomic E-state index is -0.320. The Morgan fingerprint density at radius 2 is 2.45 bits per heavy atom. The lowest BCUT2D eigenvalue weighted by molar-refractivity contribution is 0.0892. The van der Waals surface area contributed by atoms with E-state index in [1.54, 1.807) is 17.4 Å². The van der Waals surface area contributed by atoms with Gasteiger partial charge < -0.3 is 11.1 Å². The van der Waals surface area contributed by atoms with Crippen LogP contribution < -0.4 is 11.1 Å². The molecule has 1 unspecified atom stereocenters. The predicted octanol–water partition coefficient (Wildman–Crippen LogP) is 2.00. The Morgan fingerprint density at radius 1 is 1.65 bits per heavy atom. The van der Waals surface area contributed by atoms with E-state index in [1.165, 1.54) is 0 Å². The number of aromatic nitrogens is 2. The van der Waals surface area contributed by atoms with Gasteiger partial charge in [0.05, 0.1) is 16.1 Å². The fourth-order valence-corrected chi connectivity index (χ4v) is 3.05. The molecule has 106 valence electrons. The van der Waals surface area contributed by atoms with Gasteiger partial charge in [0.15, 0.2) is 5.69 Å². The molecule has 0 saturated heterocycles. The van der Waals surface area contributed by atoms with Crippen LogP contribution in [-0.2, 0) is 0 Å². The lowest BCUT2D eigenvalue weighted by Gasteiger charge is -2.29. The molecule has 1 aliphatic carbocycles. The summed E-state index contributed by atoms with van der Waals surface area (Å²) in [4.78, 5) is 13.4. The fraction of sp³-hybridized carbons (Fsp3) is 0.429. The van der Waals surface area contributed by atoms with E-state index in [1.807, 2.05) is 24.4 Å². The van der Waals surface area contributed by atoms with Crippen LogP contribution in [-0.4, -0.2) is 28.2 Å². The molecule has 6 heteroatoms. The number of hydrogen-bond acceptors (Lipinski definition) is 4. The van der Waals surface area contributed by atoms with Crippen molar-refractivity contribution in [3.05, 3.63) is 29.3 Å². The lowest BCUT2D eigenvalue weighted by atomic mass is 9.96. The SMILES string of the molecule is CC(CN)(NC(=O)c1cc(-c2cccs2)[nH]n1)C1CC1. The second-order valence-electron chi connectivity index (χ2n) is 5.49. The molecule has 0 aliphatic heterocycles. The van der Waals surface area contributed by atoms with Crippen molar-refractivity contribution in [2.45, 2.75) is 25.3 Å². The first-order chi connectivity index (χ1) is 9.62. The first-order valence-electron chi connectivity index (χ1n) is 6.74. The van der Waals surface area contributed by atoms with E-state index in [0.29, 0.717) is 18.2 Å². The Hall–Kier alpha value is -1.66. The van der Waals surface area contributed by atoms with Gasteiger partial charge in [0, 0.05) is 6.54 Å². The van der Waals surface area contributed by atoms with E-state index in [4.69, 9.17) is 5.73 Å². The molecule has 5 nitrogen and oxygen atoms in total. The van der Waals surface area contributed by atoms with Gasteiger partial charge in [-0.05, 0) is 43.2 Å². The number of nitrogens with two attached hydrogens (primary N) is 1. The first kappa shape index (κ1) is 13.3. The van der Waals surface area contributed by atoms with Crippen LogP contribution in [0.4, 0.5) is 0 Å². The quantitative estimate of drug-likeness (QED) is 0.787. The molecular formula is C14H18N4OS. The highest BCUT2D eigenvalue weighted by atomic mass is 32.1. The lowest BCUT2D eigenvalue weighted by Crippen LogP contribution is -2.53. The van der Waals surface area contributed by atoms with Crippen LogP contribution in [0.1, 0.15) is 30.3 Å². The number of carbonyl (C=O) groups excluding carboxylic acids is 1. The molecule has 2 heterocycles. The molecular weight excluding hydrogens is 272 g/mol. The zero-order valence-corrected chi connectivity index (χ0v) is 12.2. The summed E-state index contributed by atoms with van der Waals surface area (Å²) in [5.41, 5.74) is 6.77. The number of carbonyl (C=O) groups is 1. The average molecular weight is 290 g/mol. The highest BCUT2D eigenvalue weighted by Gasteiger charge is 2.41. The number of hydrogen-bond donors (Lipinski definition) is 3. The molecule has 2 aromatic heterocycles. The summed E-state index contributed by atoms with van der Waals surface area (Å²) in [6.45, 7) is 2.46. The zero-order valence-electron chi connectivity index (χ0n) is 11.3. The van der Waals surface area contributed by atoms with Crippen molar-refractivity contribution in [2.24, 2.45) is 11.7 Å². The number of aromatic amines is 1. The van der Waals surface area contributed by atoms with Crippen LogP contribution in [0.3, 0.4) is 0 Å². The largest absolute Gasteiger partial charge is 0.344 e. The van der Waals surface area contributed by atoms with Crippen LogP contribution in [0.2, 0.25) is 0 Å². The van der Waals surface area contributed by atoms with Gasteiger partial charge in [-0.2, -0.15) is 5.10 Å². The molecule has 1 fully saturated rings. The molecule has 0 aromatic carbocycles. The van der Waals surface area contributed by atoms with Crippen LogP contribution in [0.15, 0.2) is 23.6 Å². The van der Waals surface area contributed by atoms with E-state index in [-0.39, 0.29) is 11.4 Å². The zero-order chi connectivity index (χ0) is 14.2. The molecule has 3 rings (SSSR count). The third-order valence-electron chi connectivity index (χ3n) is 3.90. The van der Waals surface area contributed by atoms with Gasteiger partial charge in [0.25, 0.3) is 5.91 Å². The van der Waals surface area contributed by atoms with Crippen molar-refractivity contribution >= 4 is 17.2 Å². The second-order valence-corrected chi connectivity index (χ2v) is 6.44. The van der Waals surface area contributed by atoms with Crippen molar-refractivity contribution in [1.29, 1.82) is 0 Å². The summed E-state index contributed by atoms with van der Waals surface area (Å²) in [5, 5.41) is 12.0. The number of amides is 1. The van der Waals surface area contributed by atoms with Gasteiger partial charge >= 0.3 is 0 Å². The molecule has 2 aromatic rings. The van der Waals surface area contributed by atoms with E-state index in [0.717, 1.165) is 23.4 Å². The summed E-state index contributed by atoms with van der Waals surface area (Å²) in [5.74, 6) is 0.330. The Labute approximate surface area is 121 Å². The summed E-state index contributed by atoms with van der Waals surface area (Å²) >= 11 is 1.61. The Morgan fingerprint density at radius 3 is 3.05 bits per heavy atom. The Balaban J connectivity index is 1.74. The van der Waals surface area contributed by atoms with Gasteiger partial charge in [0.1, 0.15) is 0 Å². The van der Waals surface area contributed by atoms with Gasteiger partial charge in [-0.3, -0.25) is 9.89 Å². The van der Waals surface area contributed by atoms with Crippen molar-refractivity contribution in [3.8, 4) is 10.6 Å². The van der Waals surface area contributed by atoms with E-state index >= 15 is 0 Å². The van der Waals surface area contributed by atoms with E-state index in [9.17, 15) is 4.79 Å². The number of nitrogens with one attached hydrogen (secondary N) is 2. The fourth-order valence-electron chi connectivity index (χ4n) is 2.36. The average Bonchev–Trinajstić information content (AvgIpc) is 2.97. The number of H-pyrrole nitrogens is 1. The van der Waals surface area contributed by atoms with Crippen LogP contribution >= 0.6 is 11.3 Å². The summed E-state index contributed by atoms with van der Waals surface area (Å²) < 4.78 is 0. The molecule has 20 heavy (non-hydrogen) atoms. The molecule has 4 N–H and O–H groups in total.